The summed E-state index contributed by atoms with van der Waals surface area (Å²) in [7, 11) is 0. The van der Waals surface area contributed by atoms with Crippen LogP contribution in [0.15, 0.2) is 36.4 Å². The van der Waals surface area contributed by atoms with Crippen molar-refractivity contribution >= 4 is 5.69 Å². The van der Waals surface area contributed by atoms with Gasteiger partial charge in [0.1, 0.15) is 5.82 Å². The van der Waals surface area contributed by atoms with Gasteiger partial charge in [-0.2, -0.15) is 0 Å². The van der Waals surface area contributed by atoms with Crippen LogP contribution in [0.3, 0.4) is 0 Å². The lowest BCUT2D eigenvalue weighted by Crippen LogP contribution is -2.48. The summed E-state index contributed by atoms with van der Waals surface area (Å²) in [5, 5.41) is 0. The summed E-state index contributed by atoms with van der Waals surface area (Å²) in [5.41, 5.74) is 6.62. The third kappa shape index (κ3) is 3.02. The van der Waals surface area contributed by atoms with Crippen LogP contribution in [0.25, 0.3) is 0 Å². The second-order valence-corrected chi connectivity index (χ2v) is 5.78. The normalized spacial score (nSPS) is 27.2. The van der Waals surface area contributed by atoms with Crippen LogP contribution in [-0.4, -0.2) is 43.7 Å². The van der Waals surface area contributed by atoms with E-state index >= 15 is 0 Å². The van der Waals surface area contributed by atoms with E-state index in [1.165, 1.54) is 6.07 Å². The number of benzene rings is 1. The summed E-state index contributed by atoms with van der Waals surface area (Å²) < 4.78 is 13.8. The van der Waals surface area contributed by atoms with Crippen molar-refractivity contribution in [3.63, 3.8) is 0 Å². The summed E-state index contributed by atoms with van der Waals surface area (Å²) in [6.07, 6.45) is 5.42. The molecule has 3 rings (SSSR count). The Labute approximate surface area is 119 Å². The molecule has 1 heterocycles. The molecule has 1 fully saturated rings. The van der Waals surface area contributed by atoms with Crippen LogP contribution in [0.2, 0.25) is 0 Å². The highest BCUT2D eigenvalue weighted by molar-refractivity contribution is 5.47. The van der Waals surface area contributed by atoms with Gasteiger partial charge in [0.2, 0.25) is 0 Å². The Kier molecular flexibility index (Phi) is 4.03. The number of nitrogens with zero attached hydrogens (tertiary/aromatic N) is 2. The molecule has 2 N–H and O–H groups in total. The first-order valence-corrected chi connectivity index (χ1v) is 7.38. The summed E-state index contributed by atoms with van der Waals surface area (Å²) in [4.78, 5) is 4.60. The molecule has 0 aromatic heterocycles. The maximum Gasteiger partial charge on any atom is 0.146 e. The first-order valence-electron chi connectivity index (χ1n) is 7.38. The number of rotatable bonds is 3. The van der Waals surface area contributed by atoms with Crippen molar-refractivity contribution in [2.24, 2.45) is 11.7 Å². The molecule has 0 bridgehead atoms. The number of nitrogens with two attached hydrogens (primary N) is 1. The van der Waals surface area contributed by atoms with Gasteiger partial charge >= 0.3 is 0 Å². The number of piperazine rings is 1. The van der Waals surface area contributed by atoms with Crippen LogP contribution in [0.5, 0.6) is 0 Å². The fourth-order valence-electron chi connectivity index (χ4n) is 3.15. The third-order valence-electron chi connectivity index (χ3n) is 4.26. The lowest BCUT2D eigenvalue weighted by molar-refractivity contribution is 0.231. The van der Waals surface area contributed by atoms with Gasteiger partial charge in [-0.15, -0.1) is 0 Å². The fraction of sp³-hybridized carbons (Fsp3) is 0.500. The molecule has 1 aromatic carbocycles. The van der Waals surface area contributed by atoms with E-state index in [9.17, 15) is 4.39 Å². The van der Waals surface area contributed by atoms with E-state index in [4.69, 9.17) is 5.73 Å². The molecule has 3 nitrogen and oxygen atoms in total. The van der Waals surface area contributed by atoms with Crippen LogP contribution < -0.4 is 10.6 Å². The minimum Gasteiger partial charge on any atom is -0.367 e. The highest BCUT2D eigenvalue weighted by atomic mass is 19.1. The molecule has 2 unspecified atom stereocenters. The Morgan fingerprint density at radius 1 is 1.10 bits per heavy atom. The zero-order valence-corrected chi connectivity index (χ0v) is 11.7. The molecule has 0 radical (unpaired) electrons. The predicted molar refractivity (Wildman–Crippen MR) is 80.3 cm³/mol. The summed E-state index contributed by atoms with van der Waals surface area (Å²) in [5.74, 6) is 0.468. The predicted octanol–water partition coefficient (Wildman–Crippen LogP) is 1.85. The topological polar surface area (TPSA) is 32.5 Å². The molecule has 20 heavy (non-hydrogen) atoms. The van der Waals surface area contributed by atoms with Crippen LogP contribution in [0, 0.1) is 11.7 Å². The standard InChI is InChI=1S/C16H22FN3/c17-15-3-1-2-4-16(15)20-9-7-19(8-10-20)12-13-5-6-14(18)11-13/h1-6,13-14H,7-12,18H2. The van der Waals surface area contributed by atoms with E-state index in [-0.39, 0.29) is 11.9 Å². The van der Waals surface area contributed by atoms with E-state index in [1.54, 1.807) is 6.07 Å². The molecule has 0 spiro atoms. The van der Waals surface area contributed by atoms with Gasteiger partial charge in [0.25, 0.3) is 0 Å². The van der Waals surface area contributed by atoms with Crippen LogP contribution in [-0.2, 0) is 0 Å². The largest absolute Gasteiger partial charge is 0.367 e. The van der Waals surface area contributed by atoms with Crippen molar-refractivity contribution in [1.29, 1.82) is 0 Å². The number of halogens is 1. The lowest BCUT2D eigenvalue weighted by atomic mass is 10.1. The third-order valence-corrected chi connectivity index (χ3v) is 4.26. The van der Waals surface area contributed by atoms with Crippen molar-refractivity contribution < 1.29 is 4.39 Å². The van der Waals surface area contributed by atoms with E-state index < -0.39 is 0 Å². The van der Waals surface area contributed by atoms with Crippen molar-refractivity contribution in [2.45, 2.75) is 12.5 Å². The number of hydrogen-bond donors (Lipinski definition) is 1. The Morgan fingerprint density at radius 2 is 1.85 bits per heavy atom. The Balaban J connectivity index is 1.52. The molecule has 1 aliphatic heterocycles. The molecule has 108 valence electrons. The zero-order chi connectivity index (χ0) is 13.9. The van der Waals surface area contributed by atoms with Crippen molar-refractivity contribution in [3.8, 4) is 0 Å². The highest BCUT2D eigenvalue weighted by Crippen LogP contribution is 2.22. The average Bonchev–Trinajstić information content (AvgIpc) is 2.86. The summed E-state index contributed by atoms with van der Waals surface area (Å²) in [6, 6.07) is 7.27. The fourth-order valence-corrected chi connectivity index (χ4v) is 3.15. The molecule has 1 aliphatic carbocycles. The first kappa shape index (κ1) is 13.6. The van der Waals surface area contributed by atoms with Crippen LogP contribution in [0.4, 0.5) is 10.1 Å². The zero-order valence-electron chi connectivity index (χ0n) is 11.7. The van der Waals surface area contributed by atoms with Crippen molar-refractivity contribution in [1.82, 2.24) is 4.90 Å². The SMILES string of the molecule is NC1C=CC(CN2CCN(c3ccccc3F)CC2)C1. The minimum atomic E-state index is -0.120. The van der Waals surface area contributed by atoms with Gasteiger partial charge in [0.15, 0.2) is 0 Å². The van der Waals surface area contributed by atoms with Crippen molar-refractivity contribution in [2.75, 3.05) is 37.6 Å². The van der Waals surface area contributed by atoms with Gasteiger partial charge in [-0.3, -0.25) is 4.90 Å². The van der Waals surface area contributed by atoms with Gasteiger partial charge in [0.05, 0.1) is 5.69 Å². The smallest absolute Gasteiger partial charge is 0.146 e. The van der Waals surface area contributed by atoms with Gasteiger partial charge < -0.3 is 10.6 Å². The maximum absolute atomic E-state index is 13.8. The molecule has 4 heteroatoms. The molecular formula is C16H22FN3. The van der Waals surface area contributed by atoms with E-state index in [0.29, 0.717) is 5.92 Å². The van der Waals surface area contributed by atoms with Gasteiger partial charge in [-0.25, -0.2) is 4.39 Å². The first-order chi connectivity index (χ1) is 9.72. The van der Waals surface area contributed by atoms with Gasteiger partial charge in [-0.05, 0) is 24.5 Å². The molecule has 1 saturated heterocycles. The second-order valence-electron chi connectivity index (χ2n) is 5.78. The minimum absolute atomic E-state index is 0.120. The quantitative estimate of drug-likeness (QED) is 0.855. The highest BCUT2D eigenvalue weighted by Gasteiger charge is 2.23. The molecule has 0 amide bonds. The molecule has 2 aliphatic rings. The van der Waals surface area contributed by atoms with Gasteiger partial charge in [-0.1, -0.05) is 24.3 Å². The molecule has 2 atom stereocenters. The van der Waals surface area contributed by atoms with Crippen molar-refractivity contribution in [3.05, 3.63) is 42.2 Å². The van der Waals surface area contributed by atoms with E-state index in [2.05, 4.69) is 22.0 Å². The molecule has 0 saturated carbocycles. The second kappa shape index (κ2) is 5.94. The Bertz CT molecular complexity index is 480. The van der Waals surface area contributed by atoms with Gasteiger partial charge in [0, 0.05) is 38.8 Å². The monoisotopic (exact) mass is 275 g/mol. The molecule has 1 aromatic rings. The Morgan fingerprint density at radius 3 is 2.50 bits per heavy atom. The van der Waals surface area contributed by atoms with E-state index in [0.717, 1.165) is 44.8 Å². The number of anilines is 1. The number of hydrogen-bond acceptors (Lipinski definition) is 3. The van der Waals surface area contributed by atoms with Crippen LogP contribution >= 0.6 is 0 Å². The number of para-hydroxylation sites is 1. The Hall–Kier alpha value is -1.39. The summed E-state index contributed by atoms with van der Waals surface area (Å²) >= 11 is 0. The summed E-state index contributed by atoms with van der Waals surface area (Å²) in [6.45, 7) is 4.85. The maximum atomic E-state index is 13.8. The van der Waals surface area contributed by atoms with E-state index in [1.807, 2.05) is 12.1 Å². The van der Waals surface area contributed by atoms with Crippen LogP contribution in [0.1, 0.15) is 6.42 Å². The average molecular weight is 275 g/mol. The molecular weight excluding hydrogens is 253 g/mol. The lowest BCUT2D eigenvalue weighted by Gasteiger charge is -2.37.